The average Bonchev–Trinajstić information content (AvgIpc) is 2.89. The first-order valence-electron chi connectivity index (χ1n) is 12.8. The highest BCUT2D eigenvalue weighted by atomic mass is 32.2. The van der Waals surface area contributed by atoms with Crippen molar-refractivity contribution in [2.24, 2.45) is 0 Å². The number of nitrogens with zero attached hydrogens (tertiary/aromatic N) is 1. The van der Waals surface area contributed by atoms with E-state index in [9.17, 15) is 9.59 Å². The highest BCUT2D eigenvalue weighted by molar-refractivity contribution is 7.99. The number of benzene rings is 3. The minimum Gasteiger partial charge on any atom is -0.354 e. The molecule has 3 rings (SSSR count). The van der Waals surface area contributed by atoms with Crippen LogP contribution < -0.4 is 5.32 Å². The normalized spacial score (nSPS) is 11.6. The van der Waals surface area contributed by atoms with Gasteiger partial charge in [-0.15, -0.1) is 11.8 Å². The van der Waals surface area contributed by atoms with E-state index in [0.29, 0.717) is 31.7 Å². The van der Waals surface area contributed by atoms with Crippen molar-refractivity contribution in [3.05, 3.63) is 101 Å². The van der Waals surface area contributed by atoms with E-state index >= 15 is 0 Å². The molecule has 0 aliphatic carbocycles. The minimum atomic E-state index is -0.569. The quantitative estimate of drug-likeness (QED) is 0.219. The summed E-state index contributed by atoms with van der Waals surface area (Å²) in [6, 6.07) is 25.9. The molecule has 0 aliphatic rings. The second kappa shape index (κ2) is 14.5. The Bertz CT molecular complexity index is 1100. The van der Waals surface area contributed by atoms with E-state index in [2.05, 4.69) is 56.4 Å². The van der Waals surface area contributed by atoms with E-state index in [4.69, 9.17) is 0 Å². The van der Waals surface area contributed by atoms with Crippen molar-refractivity contribution in [1.29, 1.82) is 0 Å². The maximum atomic E-state index is 13.7. The molecule has 0 aromatic heterocycles. The maximum Gasteiger partial charge on any atom is 0.243 e. The SMILES string of the molecule is CCCCNC(=O)[C@@H](Cc1ccccc1)N(Cc1ccccc1C)C(=O)CCSc1ccc(C)cc1. The first-order chi connectivity index (χ1) is 17.5. The zero-order valence-electron chi connectivity index (χ0n) is 21.7. The Balaban J connectivity index is 1.83. The fourth-order valence-corrected chi connectivity index (χ4v) is 4.91. The van der Waals surface area contributed by atoms with Gasteiger partial charge in [0.05, 0.1) is 0 Å². The van der Waals surface area contributed by atoms with E-state index in [-0.39, 0.29) is 11.8 Å². The molecule has 5 heteroatoms. The van der Waals surface area contributed by atoms with Crippen LogP contribution in [-0.4, -0.2) is 35.1 Å². The van der Waals surface area contributed by atoms with Gasteiger partial charge in [0.15, 0.2) is 0 Å². The van der Waals surface area contributed by atoms with Crippen molar-refractivity contribution >= 4 is 23.6 Å². The minimum absolute atomic E-state index is 0.00411. The third-order valence-electron chi connectivity index (χ3n) is 6.31. The molecular formula is C31H38N2O2S. The number of carbonyl (C=O) groups excluding carboxylic acids is 2. The molecular weight excluding hydrogens is 464 g/mol. The summed E-state index contributed by atoms with van der Waals surface area (Å²) in [5, 5.41) is 3.09. The van der Waals surface area contributed by atoms with Crippen LogP contribution in [0.2, 0.25) is 0 Å². The summed E-state index contributed by atoms with van der Waals surface area (Å²) in [5.41, 5.74) is 4.45. The molecule has 0 heterocycles. The summed E-state index contributed by atoms with van der Waals surface area (Å²) in [5.74, 6) is 0.589. The van der Waals surface area contributed by atoms with Gasteiger partial charge < -0.3 is 10.2 Å². The topological polar surface area (TPSA) is 49.4 Å². The van der Waals surface area contributed by atoms with Gasteiger partial charge in [0.25, 0.3) is 0 Å². The number of carbonyl (C=O) groups is 2. The predicted molar refractivity (Wildman–Crippen MR) is 150 cm³/mol. The molecule has 0 fully saturated rings. The molecule has 0 bridgehead atoms. The lowest BCUT2D eigenvalue weighted by atomic mass is 10.0. The number of hydrogen-bond donors (Lipinski definition) is 1. The van der Waals surface area contributed by atoms with Crippen LogP contribution in [0.15, 0.2) is 83.8 Å². The average molecular weight is 503 g/mol. The fourth-order valence-electron chi connectivity index (χ4n) is 4.07. The van der Waals surface area contributed by atoms with Crippen LogP contribution in [0.25, 0.3) is 0 Å². The summed E-state index contributed by atoms with van der Waals surface area (Å²) < 4.78 is 0. The van der Waals surface area contributed by atoms with E-state index in [1.54, 1.807) is 16.7 Å². The lowest BCUT2D eigenvalue weighted by molar-refractivity contribution is -0.141. The molecule has 1 N–H and O–H groups in total. The van der Waals surface area contributed by atoms with E-state index < -0.39 is 6.04 Å². The van der Waals surface area contributed by atoms with Crippen LogP contribution in [0.4, 0.5) is 0 Å². The molecule has 3 aromatic rings. The molecule has 3 aromatic carbocycles. The first-order valence-corrected chi connectivity index (χ1v) is 13.8. The number of amides is 2. The van der Waals surface area contributed by atoms with Crippen molar-refractivity contribution in [1.82, 2.24) is 10.2 Å². The maximum absolute atomic E-state index is 13.7. The van der Waals surface area contributed by atoms with Crippen molar-refractivity contribution in [3.63, 3.8) is 0 Å². The molecule has 2 amide bonds. The second-order valence-corrected chi connectivity index (χ2v) is 10.4. The van der Waals surface area contributed by atoms with Gasteiger partial charge in [-0.1, -0.05) is 85.6 Å². The number of unbranched alkanes of at least 4 members (excludes halogenated alkanes) is 1. The summed E-state index contributed by atoms with van der Waals surface area (Å²) in [7, 11) is 0. The lowest BCUT2D eigenvalue weighted by Gasteiger charge is -2.32. The van der Waals surface area contributed by atoms with E-state index in [1.165, 1.54) is 5.56 Å². The number of aryl methyl sites for hydroxylation is 2. The Kier molecular flexibility index (Phi) is 11.1. The molecule has 0 unspecified atom stereocenters. The standard InChI is InChI=1S/C31H38N2O2S/c1-4-5-20-32-31(35)29(22-26-12-7-6-8-13-26)33(23-27-14-10-9-11-25(27)3)30(34)19-21-36-28-17-15-24(2)16-18-28/h6-18,29H,4-5,19-23H2,1-3H3,(H,32,35)/t29-/m1/s1. The molecule has 0 spiro atoms. The van der Waals surface area contributed by atoms with Gasteiger partial charge >= 0.3 is 0 Å². The fraction of sp³-hybridized carbons (Fsp3) is 0.355. The van der Waals surface area contributed by atoms with Gasteiger partial charge in [0, 0.05) is 36.6 Å². The molecule has 0 saturated carbocycles. The smallest absolute Gasteiger partial charge is 0.243 e. The number of nitrogens with one attached hydrogen (secondary N) is 1. The Morgan fingerprint density at radius 2 is 1.61 bits per heavy atom. The summed E-state index contributed by atoms with van der Waals surface area (Å²) in [6.45, 7) is 7.27. The van der Waals surface area contributed by atoms with Gasteiger partial charge in [0.2, 0.25) is 11.8 Å². The van der Waals surface area contributed by atoms with Gasteiger partial charge in [-0.25, -0.2) is 0 Å². The van der Waals surface area contributed by atoms with Crippen LogP contribution in [0.3, 0.4) is 0 Å². The highest BCUT2D eigenvalue weighted by Crippen LogP contribution is 2.22. The van der Waals surface area contributed by atoms with Crippen molar-refractivity contribution < 1.29 is 9.59 Å². The predicted octanol–water partition coefficient (Wildman–Crippen LogP) is 6.34. The van der Waals surface area contributed by atoms with E-state index in [0.717, 1.165) is 34.4 Å². The third kappa shape index (κ3) is 8.56. The molecule has 0 aliphatic heterocycles. The van der Waals surface area contributed by atoms with E-state index in [1.807, 2.05) is 48.5 Å². The first kappa shape index (κ1) is 27.5. The third-order valence-corrected chi connectivity index (χ3v) is 7.32. The lowest BCUT2D eigenvalue weighted by Crippen LogP contribution is -2.50. The summed E-state index contributed by atoms with van der Waals surface area (Å²) >= 11 is 1.68. The van der Waals surface area contributed by atoms with Crippen molar-refractivity contribution in [2.75, 3.05) is 12.3 Å². The van der Waals surface area contributed by atoms with Crippen LogP contribution in [-0.2, 0) is 22.6 Å². The molecule has 4 nitrogen and oxygen atoms in total. The highest BCUT2D eigenvalue weighted by Gasteiger charge is 2.30. The number of hydrogen-bond acceptors (Lipinski definition) is 3. The summed E-state index contributed by atoms with van der Waals surface area (Å²) in [4.78, 5) is 30.1. The second-order valence-electron chi connectivity index (χ2n) is 9.21. The van der Waals surface area contributed by atoms with Gasteiger partial charge in [-0.2, -0.15) is 0 Å². The van der Waals surface area contributed by atoms with Gasteiger partial charge in [0.1, 0.15) is 6.04 Å². The Morgan fingerprint density at radius 3 is 2.31 bits per heavy atom. The molecule has 36 heavy (non-hydrogen) atoms. The number of rotatable bonds is 13. The molecule has 1 atom stereocenters. The Morgan fingerprint density at radius 1 is 0.917 bits per heavy atom. The van der Waals surface area contributed by atoms with Gasteiger partial charge in [-0.3, -0.25) is 9.59 Å². The zero-order chi connectivity index (χ0) is 25.8. The van der Waals surface area contributed by atoms with Crippen molar-refractivity contribution in [2.45, 2.75) is 63.9 Å². The Labute approximate surface area is 220 Å². The van der Waals surface area contributed by atoms with Crippen LogP contribution in [0.5, 0.6) is 0 Å². The summed E-state index contributed by atoms with van der Waals surface area (Å²) in [6.07, 6.45) is 2.79. The van der Waals surface area contributed by atoms with Crippen molar-refractivity contribution in [3.8, 4) is 0 Å². The number of thioether (sulfide) groups is 1. The largest absolute Gasteiger partial charge is 0.354 e. The zero-order valence-corrected chi connectivity index (χ0v) is 22.5. The van der Waals surface area contributed by atoms with Crippen LogP contribution in [0.1, 0.15) is 48.4 Å². The molecule has 190 valence electrons. The van der Waals surface area contributed by atoms with Crippen LogP contribution in [0, 0.1) is 13.8 Å². The van der Waals surface area contributed by atoms with Crippen LogP contribution >= 0.6 is 11.8 Å². The monoisotopic (exact) mass is 502 g/mol. The Hall–Kier alpha value is -3.05. The molecule has 0 saturated heterocycles. The van der Waals surface area contributed by atoms with Gasteiger partial charge in [-0.05, 0) is 49.1 Å². The molecule has 0 radical (unpaired) electrons.